The van der Waals surface area contributed by atoms with Gasteiger partial charge in [-0.05, 0) is 89.1 Å². The zero-order valence-electron chi connectivity index (χ0n) is 17.8. The highest BCUT2D eigenvalue weighted by molar-refractivity contribution is 5.53. The fraction of sp³-hybridized carbons (Fsp3) is 0.640. The molecule has 4 heteroatoms. The summed E-state index contributed by atoms with van der Waals surface area (Å²) in [6.45, 7) is 6.42. The van der Waals surface area contributed by atoms with Gasteiger partial charge in [-0.1, -0.05) is 24.6 Å². The van der Waals surface area contributed by atoms with E-state index in [4.69, 9.17) is 5.10 Å². The number of anilines is 1. The predicted octanol–water partition coefficient (Wildman–Crippen LogP) is 5.23. The predicted molar refractivity (Wildman–Crippen MR) is 120 cm³/mol. The molecule has 29 heavy (non-hydrogen) atoms. The molecule has 5 rings (SSSR count). The molecule has 0 radical (unpaired) electrons. The van der Waals surface area contributed by atoms with Crippen LogP contribution in [0.25, 0.3) is 5.69 Å². The van der Waals surface area contributed by atoms with Crippen molar-refractivity contribution >= 4 is 5.69 Å². The van der Waals surface area contributed by atoms with E-state index in [1.54, 1.807) is 0 Å². The second kappa shape index (κ2) is 8.91. The molecule has 0 spiro atoms. The Bertz CT molecular complexity index is 765. The molecule has 156 valence electrons. The Morgan fingerprint density at radius 2 is 1.62 bits per heavy atom. The fourth-order valence-electron chi connectivity index (χ4n) is 5.38. The normalized spacial score (nSPS) is 21.6. The quantitative estimate of drug-likeness (QED) is 0.645. The van der Waals surface area contributed by atoms with Gasteiger partial charge in [0.05, 0.1) is 23.3 Å². The molecule has 3 fully saturated rings. The Labute approximate surface area is 175 Å². The number of para-hydroxylation sites is 1. The molecule has 0 unspecified atom stereocenters. The van der Waals surface area contributed by atoms with Crippen LogP contribution in [0.1, 0.15) is 69.4 Å². The maximum Gasteiger partial charge on any atom is 0.0893 e. The summed E-state index contributed by atoms with van der Waals surface area (Å²) >= 11 is 0. The lowest BCUT2D eigenvalue weighted by molar-refractivity contribution is 0.299. The first-order valence-corrected chi connectivity index (χ1v) is 12.0. The second-order valence-electron chi connectivity index (χ2n) is 9.43. The Morgan fingerprint density at radius 3 is 2.31 bits per heavy atom. The van der Waals surface area contributed by atoms with Gasteiger partial charge in [-0.3, -0.25) is 0 Å². The van der Waals surface area contributed by atoms with E-state index in [9.17, 15) is 0 Å². The van der Waals surface area contributed by atoms with Crippen molar-refractivity contribution in [2.45, 2.75) is 63.7 Å². The lowest BCUT2D eigenvalue weighted by Gasteiger charge is -2.35. The van der Waals surface area contributed by atoms with Crippen LogP contribution in [0.4, 0.5) is 5.69 Å². The molecular weight excluding hydrogens is 356 g/mol. The molecule has 2 saturated heterocycles. The molecular formula is C25H36N4. The summed E-state index contributed by atoms with van der Waals surface area (Å²) in [4.78, 5) is 5.30. The van der Waals surface area contributed by atoms with E-state index in [0.717, 1.165) is 5.92 Å². The van der Waals surface area contributed by atoms with Gasteiger partial charge in [0.1, 0.15) is 0 Å². The third-order valence-electron chi connectivity index (χ3n) is 7.48. The lowest BCUT2D eigenvalue weighted by Crippen LogP contribution is -2.34. The van der Waals surface area contributed by atoms with Crippen molar-refractivity contribution in [3.8, 4) is 5.69 Å². The topological polar surface area (TPSA) is 24.3 Å². The molecule has 1 aromatic heterocycles. The molecule has 0 atom stereocenters. The molecule has 1 aliphatic carbocycles. The Balaban J connectivity index is 1.21. The minimum atomic E-state index is 0.674. The van der Waals surface area contributed by atoms with Gasteiger partial charge < -0.3 is 9.80 Å². The van der Waals surface area contributed by atoms with Crippen molar-refractivity contribution in [2.24, 2.45) is 5.92 Å². The number of likely N-dealkylation sites (tertiary alicyclic amines) is 1. The maximum absolute atomic E-state index is 5.06. The molecule has 2 aliphatic heterocycles. The van der Waals surface area contributed by atoms with Crippen molar-refractivity contribution < 1.29 is 0 Å². The highest BCUT2D eigenvalue weighted by Crippen LogP contribution is 2.41. The van der Waals surface area contributed by atoms with Crippen molar-refractivity contribution in [3.63, 3.8) is 0 Å². The molecule has 0 N–H and O–H groups in total. The molecule has 0 amide bonds. The first-order chi connectivity index (χ1) is 14.4. The van der Waals surface area contributed by atoms with Crippen LogP contribution >= 0.6 is 0 Å². The Kier molecular flexibility index (Phi) is 5.89. The number of piperidine rings is 1. The van der Waals surface area contributed by atoms with E-state index >= 15 is 0 Å². The number of hydrogen-bond acceptors (Lipinski definition) is 3. The van der Waals surface area contributed by atoms with E-state index in [0.29, 0.717) is 5.92 Å². The monoisotopic (exact) mass is 392 g/mol. The maximum atomic E-state index is 5.06. The van der Waals surface area contributed by atoms with E-state index in [1.807, 2.05) is 0 Å². The number of nitrogens with zero attached hydrogens (tertiary/aromatic N) is 4. The summed E-state index contributed by atoms with van der Waals surface area (Å²) in [6.07, 6.45) is 14.6. The van der Waals surface area contributed by atoms with Gasteiger partial charge in [-0.2, -0.15) is 5.10 Å². The van der Waals surface area contributed by atoms with Crippen LogP contribution < -0.4 is 4.90 Å². The van der Waals surface area contributed by atoms with Crippen LogP contribution in [0.3, 0.4) is 0 Å². The molecule has 3 aliphatic rings. The average Bonchev–Trinajstić information content (AvgIpc) is 3.39. The minimum absolute atomic E-state index is 0.674. The molecule has 1 aromatic carbocycles. The largest absolute Gasteiger partial charge is 0.369 e. The molecule has 2 aromatic rings. The second-order valence-corrected chi connectivity index (χ2v) is 9.43. The first-order valence-electron chi connectivity index (χ1n) is 12.0. The molecule has 4 nitrogen and oxygen atoms in total. The smallest absolute Gasteiger partial charge is 0.0893 e. The number of benzene rings is 1. The average molecular weight is 393 g/mol. The zero-order chi connectivity index (χ0) is 19.5. The minimum Gasteiger partial charge on any atom is -0.369 e. The van der Waals surface area contributed by atoms with Crippen LogP contribution in [0.2, 0.25) is 0 Å². The molecule has 1 saturated carbocycles. The van der Waals surface area contributed by atoms with Gasteiger partial charge in [0.25, 0.3) is 0 Å². The van der Waals surface area contributed by atoms with Crippen LogP contribution in [0.5, 0.6) is 0 Å². The van der Waals surface area contributed by atoms with Crippen LogP contribution in [0, 0.1) is 5.92 Å². The van der Waals surface area contributed by atoms with Gasteiger partial charge in [0.15, 0.2) is 0 Å². The van der Waals surface area contributed by atoms with Gasteiger partial charge in [-0.25, -0.2) is 4.68 Å². The van der Waals surface area contributed by atoms with Crippen LogP contribution in [0.15, 0.2) is 36.5 Å². The van der Waals surface area contributed by atoms with Crippen molar-refractivity contribution in [3.05, 3.63) is 42.2 Å². The summed E-state index contributed by atoms with van der Waals surface area (Å²) in [5.74, 6) is 1.60. The van der Waals surface area contributed by atoms with Gasteiger partial charge >= 0.3 is 0 Å². The zero-order valence-corrected chi connectivity index (χ0v) is 17.8. The lowest BCUT2D eigenvalue weighted by atomic mass is 9.82. The fourth-order valence-corrected chi connectivity index (χ4v) is 5.38. The van der Waals surface area contributed by atoms with E-state index in [1.165, 1.54) is 108 Å². The van der Waals surface area contributed by atoms with Crippen LogP contribution in [-0.4, -0.2) is 47.4 Å². The highest BCUT2D eigenvalue weighted by atomic mass is 15.3. The molecule has 0 bridgehead atoms. The summed E-state index contributed by atoms with van der Waals surface area (Å²) in [6, 6.07) is 10.6. The Hall–Kier alpha value is -1.81. The number of rotatable bonds is 7. The van der Waals surface area contributed by atoms with Crippen LogP contribution in [-0.2, 0) is 0 Å². The third-order valence-corrected chi connectivity index (χ3v) is 7.48. The van der Waals surface area contributed by atoms with Gasteiger partial charge in [0, 0.05) is 19.0 Å². The summed E-state index contributed by atoms with van der Waals surface area (Å²) in [5, 5.41) is 5.06. The Morgan fingerprint density at radius 1 is 0.862 bits per heavy atom. The summed E-state index contributed by atoms with van der Waals surface area (Å²) in [7, 11) is 0. The van der Waals surface area contributed by atoms with Crippen molar-refractivity contribution in [1.82, 2.24) is 14.7 Å². The summed E-state index contributed by atoms with van der Waals surface area (Å²) < 4.78 is 2.12. The van der Waals surface area contributed by atoms with Gasteiger partial charge in [-0.15, -0.1) is 0 Å². The number of aromatic nitrogens is 2. The van der Waals surface area contributed by atoms with E-state index < -0.39 is 0 Å². The van der Waals surface area contributed by atoms with Crippen molar-refractivity contribution in [2.75, 3.05) is 37.6 Å². The highest BCUT2D eigenvalue weighted by Gasteiger charge is 2.29. The third kappa shape index (κ3) is 4.37. The molecule has 3 heterocycles. The van der Waals surface area contributed by atoms with E-state index in [-0.39, 0.29) is 0 Å². The SMILES string of the molecule is c1ccc(-n2cc(N3CCC(CCCN4CCCC4)CC3)c(C3CCC3)n2)cc1. The first kappa shape index (κ1) is 19.2. The summed E-state index contributed by atoms with van der Waals surface area (Å²) in [5.41, 5.74) is 3.94. The van der Waals surface area contributed by atoms with Gasteiger partial charge in [0.2, 0.25) is 0 Å². The standard InChI is InChI=1S/C25H36N4/c1-2-11-23(12-3-1)29-20-24(25(26-29)22-9-6-10-22)28-18-13-21(14-19-28)8-7-17-27-15-4-5-16-27/h1-3,11-12,20-22H,4-10,13-19H2. The van der Waals surface area contributed by atoms with Crippen molar-refractivity contribution in [1.29, 1.82) is 0 Å². The van der Waals surface area contributed by atoms with E-state index in [2.05, 4.69) is 51.0 Å². The number of hydrogen-bond donors (Lipinski definition) is 0.